The predicted octanol–water partition coefficient (Wildman–Crippen LogP) is 20.1. The highest BCUT2D eigenvalue weighted by atomic mass is 31.2. The third-order valence-corrected chi connectivity index (χ3v) is 18.6. The monoisotopic (exact) mass is 1320 g/mol. The predicted molar refractivity (Wildman–Crippen MR) is 363 cm³/mol. The van der Waals surface area contributed by atoms with Crippen molar-refractivity contribution in [1.29, 1.82) is 0 Å². The molecule has 17 nitrogen and oxygen atoms in total. The minimum absolute atomic E-state index is 0.105. The van der Waals surface area contributed by atoms with Crippen LogP contribution in [0.15, 0.2) is 0 Å². The van der Waals surface area contributed by atoms with Gasteiger partial charge in [-0.2, -0.15) is 0 Å². The van der Waals surface area contributed by atoms with Crippen molar-refractivity contribution < 1.29 is 80.2 Å². The number of unbranched alkanes of at least 4 members (excludes halogenated alkanes) is 33. The van der Waals surface area contributed by atoms with Crippen LogP contribution in [0, 0.1) is 23.7 Å². The van der Waals surface area contributed by atoms with E-state index >= 15 is 0 Å². The summed E-state index contributed by atoms with van der Waals surface area (Å²) in [6.45, 7) is 14.1. The van der Waals surface area contributed by atoms with Crippen LogP contribution in [0.2, 0.25) is 0 Å². The molecule has 0 saturated heterocycles. The van der Waals surface area contributed by atoms with Crippen LogP contribution in [0.4, 0.5) is 0 Å². The Morgan fingerprint density at radius 2 is 0.533 bits per heavy atom. The Morgan fingerprint density at radius 1 is 0.311 bits per heavy atom. The molecule has 534 valence electrons. The van der Waals surface area contributed by atoms with Crippen LogP contribution in [0.25, 0.3) is 0 Å². The van der Waals surface area contributed by atoms with Gasteiger partial charge in [0, 0.05) is 25.7 Å². The molecule has 4 unspecified atom stereocenters. The fraction of sp³-hybridized carbons (Fsp3) is 0.944. The van der Waals surface area contributed by atoms with E-state index in [0.29, 0.717) is 31.6 Å². The Kier molecular flexibility index (Phi) is 59.4. The minimum atomic E-state index is -4.95. The van der Waals surface area contributed by atoms with Gasteiger partial charge in [0.1, 0.15) is 19.3 Å². The SMILES string of the molecule is CCC(C)CCCCCCCCCCCCC(=O)O[C@H](COC(=O)CCCCCCCCCCCCC(C)C)COP(=O)(O)OCC(O)COP(=O)(O)OC[C@@H](COC(=O)CCCCCCCCCC(C)C)OC(=O)CCCCCCCCCCCCC(C)C. The zero-order valence-corrected chi connectivity index (χ0v) is 60.6. The first-order valence-electron chi connectivity index (χ1n) is 36.7. The van der Waals surface area contributed by atoms with E-state index in [4.69, 9.17) is 37.0 Å². The fourth-order valence-corrected chi connectivity index (χ4v) is 12.2. The maximum atomic E-state index is 13.0. The van der Waals surface area contributed by atoms with Gasteiger partial charge in [-0.25, -0.2) is 9.13 Å². The molecular weight excluding hydrogens is 1190 g/mol. The Hall–Kier alpha value is -1.94. The van der Waals surface area contributed by atoms with Crippen molar-refractivity contribution in [2.75, 3.05) is 39.6 Å². The molecule has 0 fully saturated rings. The van der Waals surface area contributed by atoms with Gasteiger partial charge in [0.2, 0.25) is 0 Å². The second kappa shape index (κ2) is 60.7. The van der Waals surface area contributed by atoms with Crippen molar-refractivity contribution in [3.05, 3.63) is 0 Å². The lowest BCUT2D eigenvalue weighted by Gasteiger charge is -2.21. The quantitative estimate of drug-likeness (QED) is 0.0222. The van der Waals surface area contributed by atoms with E-state index in [2.05, 4.69) is 55.4 Å². The Morgan fingerprint density at radius 3 is 0.789 bits per heavy atom. The maximum absolute atomic E-state index is 13.0. The first-order valence-corrected chi connectivity index (χ1v) is 39.7. The first kappa shape index (κ1) is 88.1. The van der Waals surface area contributed by atoms with Crippen LogP contribution >= 0.6 is 15.6 Å². The van der Waals surface area contributed by atoms with Gasteiger partial charge in [0.25, 0.3) is 0 Å². The molecule has 0 rings (SSSR count). The lowest BCUT2D eigenvalue weighted by molar-refractivity contribution is -0.161. The molecule has 0 saturated carbocycles. The molecule has 19 heteroatoms. The summed E-state index contributed by atoms with van der Waals surface area (Å²) in [5.41, 5.74) is 0. The number of aliphatic hydroxyl groups is 1. The Bertz CT molecular complexity index is 1780. The first-order chi connectivity index (χ1) is 43.1. The molecule has 0 aromatic heterocycles. The van der Waals surface area contributed by atoms with E-state index in [-0.39, 0.29) is 25.7 Å². The molecule has 0 aromatic rings. The molecule has 0 bridgehead atoms. The number of ether oxygens (including phenoxy) is 4. The number of aliphatic hydroxyl groups excluding tert-OH is 1. The zero-order valence-electron chi connectivity index (χ0n) is 58.8. The van der Waals surface area contributed by atoms with E-state index < -0.39 is 97.5 Å². The number of hydrogen-bond acceptors (Lipinski definition) is 15. The van der Waals surface area contributed by atoms with Crippen LogP contribution in [-0.2, 0) is 65.4 Å². The van der Waals surface area contributed by atoms with Crippen molar-refractivity contribution in [1.82, 2.24) is 0 Å². The van der Waals surface area contributed by atoms with Gasteiger partial charge in [-0.15, -0.1) is 0 Å². The van der Waals surface area contributed by atoms with Gasteiger partial charge >= 0.3 is 39.5 Å². The van der Waals surface area contributed by atoms with Crippen LogP contribution in [-0.4, -0.2) is 96.7 Å². The van der Waals surface area contributed by atoms with E-state index in [1.807, 2.05) is 0 Å². The largest absolute Gasteiger partial charge is 0.472 e. The molecule has 0 spiro atoms. The van der Waals surface area contributed by atoms with E-state index in [0.717, 1.165) is 114 Å². The highest BCUT2D eigenvalue weighted by molar-refractivity contribution is 7.47. The normalized spacial score (nSPS) is 14.6. The molecule has 0 aliphatic heterocycles. The standard InChI is InChI=1S/C71H138O17P2/c1-9-64(8)50-42-34-26-18-12-15-21-29-38-46-54-71(76)87-66(57-81-68(73)51-43-35-27-19-13-10-16-23-31-39-47-61(2)3)59-85-89(77,78)83-55-65(72)56-84-90(79,80)86-60-67(58-82-69(74)52-44-36-30-22-25-33-41-49-63(6)7)88-70(75)53-45-37-28-20-14-11-17-24-32-40-48-62(4)5/h61-67,72H,9-60H2,1-8H3,(H,77,78)(H,79,80)/t64?,65?,66-,67-/m1/s1. The summed E-state index contributed by atoms with van der Waals surface area (Å²) in [7, 11) is -9.90. The summed E-state index contributed by atoms with van der Waals surface area (Å²) in [5, 5.41) is 10.6. The number of hydrogen-bond donors (Lipinski definition) is 3. The van der Waals surface area contributed by atoms with Gasteiger partial charge in [-0.1, -0.05) is 299 Å². The molecule has 0 aromatic carbocycles. The van der Waals surface area contributed by atoms with Crippen molar-refractivity contribution in [3.63, 3.8) is 0 Å². The maximum Gasteiger partial charge on any atom is 0.472 e. The molecule has 0 amide bonds. The summed E-state index contributed by atoms with van der Waals surface area (Å²) in [4.78, 5) is 72.6. The van der Waals surface area contributed by atoms with Crippen molar-refractivity contribution in [2.45, 2.75) is 369 Å². The second-order valence-corrected chi connectivity index (χ2v) is 30.2. The summed E-state index contributed by atoms with van der Waals surface area (Å²) < 4.78 is 68.3. The third-order valence-electron chi connectivity index (χ3n) is 16.7. The number of phosphoric acid groups is 2. The minimum Gasteiger partial charge on any atom is -0.462 e. The molecule has 0 aliphatic carbocycles. The second-order valence-electron chi connectivity index (χ2n) is 27.3. The average molecular weight is 1330 g/mol. The van der Waals surface area contributed by atoms with E-state index in [1.54, 1.807) is 0 Å². The zero-order chi connectivity index (χ0) is 66.8. The summed E-state index contributed by atoms with van der Waals surface area (Å²) in [6.07, 6.45) is 43.0. The van der Waals surface area contributed by atoms with Gasteiger partial charge in [-0.3, -0.25) is 37.3 Å². The van der Waals surface area contributed by atoms with Gasteiger partial charge < -0.3 is 33.8 Å². The number of phosphoric ester groups is 2. The highest BCUT2D eigenvalue weighted by Gasteiger charge is 2.30. The van der Waals surface area contributed by atoms with Gasteiger partial charge in [-0.05, 0) is 49.4 Å². The summed E-state index contributed by atoms with van der Waals surface area (Å²) in [5.74, 6) is 0.890. The summed E-state index contributed by atoms with van der Waals surface area (Å²) in [6, 6.07) is 0. The van der Waals surface area contributed by atoms with Gasteiger partial charge in [0.15, 0.2) is 12.2 Å². The molecule has 90 heavy (non-hydrogen) atoms. The molecule has 6 atom stereocenters. The van der Waals surface area contributed by atoms with E-state index in [9.17, 15) is 43.2 Å². The molecule has 0 heterocycles. The molecule has 0 aliphatic rings. The topological polar surface area (TPSA) is 237 Å². The lowest BCUT2D eigenvalue weighted by atomic mass is 9.99. The van der Waals surface area contributed by atoms with E-state index in [1.165, 1.54) is 148 Å². The third kappa shape index (κ3) is 63.5. The van der Waals surface area contributed by atoms with Crippen LogP contribution in [0.1, 0.15) is 351 Å². The van der Waals surface area contributed by atoms with Crippen LogP contribution < -0.4 is 0 Å². The van der Waals surface area contributed by atoms with Crippen LogP contribution in [0.3, 0.4) is 0 Å². The van der Waals surface area contributed by atoms with Crippen molar-refractivity contribution in [3.8, 4) is 0 Å². The molecular formula is C71H138O17P2. The number of rotatable bonds is 68. The number of esters is 4. The average Bonchev–Trinajstić information content (AvgIpc) is 3.68. The number of carbonyl (C=O) groups excluding carboxylic acids is 4. The Labute approximate surface area is 549 Å². The lowest BCUT2D eigenvalue weighted by Crippen LogP contribution is -2.30. The van der Waals surface area contributed by atoms with Crippen molar-refractivity contribution in [2.24, 2.45) is 23.7 Å². The highest BCUT2D eigenvalue weighted by Crippen LogP contribution is 2.45. The molecule has 3 N–H and O–H groups in total. The molecule has 0 radical (unpaired) electrons. The smallest absolute Gasteiger partial charge is 0.462 e. The Balaban J connectivity index is 5.27. The number of carbonyl (C=O) groups is 4. The van der Waals surface area contributed by atoms with Gasteiger partial charge in [0.05, 0.1) is 26.4 Å². The van der Waals surface area contributed by atoms with Crippen molar-refractivity contribution >= 4 is 39.5 Å². The fourth-order valence-electron chi connectivity index (χ4n) is 10.6. The van der Waals surface area contributed by atoms with Crippen LogP contribution in [0.5, 0.6) is 0 Å². The summed E-state index contributed by atoms with van der Waals surface area (Å²) >= 11 is 0.